The van der Waals surface area contributed by atoms with E-state index in [4.69, 9.17) is 14.5 Å². The maximum Gasteiger partial charge on any atom is 0.302 e. The van der Waals surface area contributed by atoms with E-state index >= 15 is 0 Å². The maximum absolute atomic E-state index is 13.2. The lowest BCUT2D eigenvalue weighted by atomic mass is 9.74. The van der Waals surface area contributed by atoms with E-state index in [0.717, 1.165) is 0 Å². The Morgan fingerprint density at radius 2 is 2.09 bits per heavy atom. The minimum absolute atomic E-state index is 0.0468. The molecular formula is C17H22O6. The number of carbonyl (C=O) groups is 3. The molecule has 6 nitrogen and oxygen atoms in total. The molecule has 0 aromatic heterocycles. The molecule has 0 unspecified atom stereocenters. The summed E-state index contributed by atoms with van der Waals surface area (Å²) in [6, 6.07) is 0. The van der Waals surface area contributed by atoms with Crippen molar-refractivity contribution in [3.63, 3.8) is 0 Å². The fraction of sp³-hybridized carbons (Fsp3) is 0.706. The molecule has 126 valence electrons. The van der Waals surface area contributed by atoms with E-state index in [1.54, 1.807) is 19.9 Å². The monoisotopic (exact) mass is 322 g/mol. The first kappa shape index (κ1) is 16.3. The molecule has 1 saturated heterocycles. The van der Waals surface area contributed by atoms with Crippen LogP contribution in [-0.2, 0) is 28.9 Å². The van der Waals surface area contributed by atoms with E-state index in [9.17, 15) is 14.4 Å². The third kappa shape index (κ3) is 2.27. The van der Waals surface area contributed by atoms with Crippen molar-refractivity contribution in [2.45, 2.75) is 45.3 Å². The van der Waals surface area contributed by atoms with Gasteiger partial charge in [-0.15, -0.1) is 0 Å². The van der Waals surface area contributed by atoms with E-state index in [0.29, 0.717) is 6.42 Å². The van der Waals surface area contributed by atoms with Gasteiger partial charge < -0.3 is 4.74 Å². The fourth-order valence-corrected chi connectivity index (χ4v) is 3.98. The van der Waals surface area contributed by atoms with Crippen LogP contribution in [-0.4, -0.2) is 35.3 Å². The second-order valence-corrected chi connectivity index (χ2v) is 7.14. The van der Waals surface area contributed by atoms with Gasteiger partial charge in [-0.2, -0.15) is 0 Å². The summed E-state index contributed by atoms with van der Waals surface area (Å²) in [5.41, 5.74) is -2.10. The lowest BCUT2D eigenvalue weighted by molar-refractivity contribution is -0.397. The summed E-state index contributed by atoms with van der Waals surface area (Å²) in [6.45, 7) is 6.78. The average Bonchev–Trinajstić information content (AvgIpc) is 2.72. The van der Waals surface area contributed by atoms with Gasteiger partial charge in [-0.25, -0.2) is 9.78 Å². The lowest BCUT2D eigenvalue weighted by Gasteiger charge is -2.38. The highest BCUT2D eigenvalue weighted by atomic mass is 17.2. The van der Waals surface area contributed by atoms with Gasteiger partial charge in [0.15, 0.2) is 11.4 Å². The highest BCUT2D eigenvalue weighted by Gasteiger charge is 2.63. The second kappa shape index (κ2) is 5.24. The Hall–Kier alpha value is -1.53. The Kier molecular flexibility index (Phi) is 3.72. The van der Waals surface area contributed by atoms with E-state index in [2.05, 4.69) is 0 Å². The van der Waals surface area contributed by atoms with Crippen LogP contribution in [0.4, 0.5) is 0 Å². The van der Waals surface area contributed by atoms with Crippen LogP contribution in [0.3, 0.4) is 0 Å². The third-order valence-electron chi connectivity index (χ3n) is 5.61. The Morgan fingerprint density at radius 3 is 2.65 bits per heavy atom. The van der Waals surface area contributed by atoms with Crippen LogP contribution in [0, 0.1) is 23.7 Å². The molecule has 6 heteroatoms. The molecule has 23 heavy (non-hydrogen) atoms. The van der Waals surface area contributed by atoms with Crippen molar-refractivity contribution in [2.75, 3.05) is 6.61 Å². The maximum atomic E-state index is 13.2. The van der Waals surface area contributed by atoms with Gasteiger partial charge in [-0.1, -0.05) is 19.9 Å². The molecule has 2 heterocycles. The van der Waals surface area contributed by atoms with Crippen LogP contribution in [0.15, 0.2) is 12.2 Å². The summed E-state index contributed by atoms with van der Waals surface area (Å²) in [7, 11) is 0. The quantitative estimate of drug-likeness (QED) is 0.446. The predicted octanol–water partition coefficient (Wildman–Crippen LogP) is 1.63. The van der Waals surface area contributed by atoms with Gasteiger partial charge in [0.2, 0.25) is 0 Å². The molecule has 4 rings (SSSR count). The fourth-order valence-electron chi connectivity index (χ4n) is 3.98. The molecule has 1 saturated carbocycles. The molecule has 0 N–H and O–H groups in total. The molecule has 2 aliphatic carbocycles. The van der Waals surface area contributed by atoms with Gasteiger partial charge in [0.05, 0.1) is 6.61 Å². The zero-order chi connectivity index (χ0) is 17.0. The van der Waals surface area contributed by atoms with E-state index < -0.39 is 29.0 Å². The number of hydrogen-bond acceptors (Lipinski definition) is 6. The van der Waals surface area contributed by atoms with Crippen molar-refractivity contribution in [3.8, 4) is 0 Å². The predicted molar refractivity (Wildman–Crippen MR) is 79.0 cm³/mol. The molecule has 0 aromatic carbocycles. The van der Waals surface area contributed by atoms with Crippen molar-refractivity contribution in [1.82, 2.24) is 0 Å². The zero-order valence-electron chi connectivity index (χ0n) is 13.8. The van der Waals surface area contributed by atoms with Crippen molar-refractivity contribution in [1.29, 1.82) is 0 Å². The molecule has 0 radical (unpaired) electrons. The summed E-state index contributed by atoms with van der Waals surface area (Å²) < 4.78 is 5.05. The molecule has 0 aromatic rings. The number of carbonyl (C=O) groups excluding carboxylic acids is 3. The average molecular weight is 322 g/mol. The summed E-state index contributed by atoms with van der Waals surface area (Å²) in [6.07, 6.45) is 3.87. The smallest absolute Gasteiger partial charge is 0.302 e. The Bertz CT molecular complexity index is 596. The Balaban J connectivity index is 1.99. The van der Waals surface area contributed by atoms with Gasteiger partial charge in [0.1, 0.15) is 11.4 Å². The number of esters is 1. The molecule has 2 bridgehead atoms. The summed E-state index contributed by atoms with van der Waals surface area (Å²) >= 11 is 0. The van der Waals surface area contributed by atoms with Crippen LogP contribution < -0.4 is 0 Å². The van der Waals surface area contributed by atoms with Crippen LogP contribution in [0.2, 0.25) is 0 Å². The van der Waals surface area contributed by atoms with Crippen molar-refractivity contribution in [2.24, 2.45) is 23.7 Å². The Morgan fingerprint density at radius 1 is 1.39 bits per heavy atom. The van der Waals surface area contributed by atoms with Crippen molar-refractivity contribution < 1.29 is 28.9 Å². The molecular weight excluding hydrogens is 300 g/mol. The minimum atomic E-state index is -1.31. The standard InChI is InChI=1S/C17H22O6/c1-9(8-21-11(3)18)17-6-5-16(4,22-23-17)12-7-13(19)10(2)14(12)15(17)20/h5-6,9-10,12,14H,7-8H2,1-4H3/t9-,10-,12-,14+,16-,17-/m0/s1. The summed E-state index contributed by atoms with van der Waals surface area (Å²) in [5.74, 6) is -1.91. The topological polar surface area (TPSA) is 78.9 Å². The molecule has 0 amide bonds. The van der Waals surface area contributed by atoms with Gasteiger partial charge in [-0.05, 0) is 13.0 Å². The number of hydrogen-bond donors (Lipinski definition) is 0. The van der Waals surface area contributed by atoms with E-state index in [1.807, 2.05) is 13.0 Å². The first-order valence-corrected chi connectivity index (χ1v) is 7.99. The molecule has 6 atom stereocenters. The number of ether oxygens (including phenoxy) is 1. The molecule has 0 spiro atoms. The van der Waals surface area contributed by atoms with Gasteiger partial charge in [0, 0.05) is 37.0 Å². The first-order valence-electron chi connectivity index (χ1n) is 7.99. The number of fused-ring (bicyclic) bond motifs is 1. The van der Waals surface area contributed by atoms with Crippen molar-refractivity contribution >= 4 is 17.5 Å². The second-order valence-electron chi connectivity index (χ2n) is 7.14. The van der Waals surface area contributed by atoms with Crippen LogP contribution in [0.5, 0.6) is 0 Å². The zero-order valence-corrected chi connectivity index (χ0v) is 13.8. The molecule has 2 aliphatic heterocycles. The number of rotatable bonds is 3. The van der Waals surface area contributed by atoms with Gasteiger partial charge in [-0.3, -0.25) is 14.4 Å². The van der Waals surface area contributed by atoms with E-state index in [1.165, 1.54) is 6.92 Å². The first-order chi connectivity index (χ1) is 10.7. The van der Waals surface area contributed by atoms with Gasteiger partial charge >= 0.3 is 5.97 Å². The van der Waals surface area contributed by atoms with Crippen LogP contribution >= 0.6 is 0 Å². The van der Waals surface area contributed by atoms with E-state index in [-0.39, 0.29) is 30.0 Å². The summed E-state index contributed by atoms with van der Waals surface area (Å²) in [4.78, 5) is 47.7. The highest BCUT2D eigenvalue weighted by Crippen LogP contribution is 2.52. The normalized spacial score (nSPS) is 43.2. The summed E-state index contributed by atoms with van der Waals surface area (Å²) in [5, 5.41) is 0. The van der Waals surface area contributed by atoms with Gasteiger partial charge in [0.25, 0.3) is 0 Å². The Labute approximate surface area is 135 Å². The van der Waals surface area contributed by atoms with Crippen LogP contribution in [0.1, 0.15) is 34.1 Å². The van der Waals surface area contributed by atoms with Crippen molar-refractivity contribution in [3.05, 3.63) is 12.2 Å². The lowest BCUT2D eigenvalue weighted by Crippen LogP contribution is -2.51. The third-order valence-corrected chi connectivity index (χ3v) is 5.61. The molecule has 4 aliphatic rings. The van der Waals surface area contributed by atoms with Crippen LogP contribution in [0.25, 0.3) is 0 Å². The largest absolute Gasteiger partial charge is 0.465 e. The number of ketones is 2. The SMILES string of the molecule is CC(=O)OC[C@H](C)[C@]12C=C[C@](C)(OO1)[C@H]1CC(=O)[C@H](C)[C@H]1C2=O. The molecule has 2 fully saturated rings. The highest BCUT2D eigenvalue weighted by molar-refractivity contribution is 5.99. The number of Topliss-reactive ketones (excluding diaryl/α,β-unsaturated/α-hetero) is 2. The minimum Gasteiger partial charge on any atom is -0.465 e.